The minimum absolute atomic E-state index is 0.0308. The van der Waals surface area contributed by atoms with Gasteiger partial charge < -0.3 is 14.8 Å². The molecular weight excluding hydrogens is 290 g/mol. The van der Waals surface area contributed by atoms with Crippen molar-refractivity contribution in [3.05, 3.63) is 59.7 Å². The van der Waals surface area contributed by atoms with Crippen molar-refractivity contribution in [1.82, 2.24) is 5.32 Å². The zero-order chi connectivity index (χ0) is 16.7. The van der Waals surface area contributed by atoms with Crippen molar-refractivity contribution in [2.75, 3.05) is 13.7 Å². The lowest BCUT2D eigenvalue weighted by Crippen LogP contribution is -2.26. The van der Waals surface area contributed by atoms with E-state index in [1.165, 1.54) is 0 Å². The van der Waals surface area contributed by atoms with E-state index in [4.69, 9.17) is 9.47 Å². The molecule has 1 N–H and O–H groups in total. The molecule has 0 aromatic heterocycles. The molecule has 23 heavy (non-hydrogen) atoms. The Morgan fingerprint density at radius 2 is 1.78 bits per heavy atom. The Morgan fingerprint density at radius 3 is 2.43 bits per heavy atom. The van der Waals surface area contributed by atoms with E-state index in [9.17, 15) is 4.79 Å². The Kier molecular flexibility index (Phi) is 6.03. The molecule has 0 aliphatic heterocycles. The number of benzene rings is 2. The molecule has 0 bridgehead atoms. The average molecular weight is 313 g/mol. The molecule has 2 rings (SSSR count). The lowest BCUT2D eigenvalue weighted by molar-refractivity contribution is 0.0948. The Hall–Kier alpha value is -2.49. The van der Waals surface area contributed by atoms with Gasteiger partial charge in [0.1, 0.15) is 11.5 Å². The van der Waals surface area contributed by atoms with Crippen LogP contribution in [-0.2, 0) is 6.42 Å². The fraction of sp³-hybridized carbons (Fsp3) is 0.316. The highest BCUT2D eigenvalue weighted by molar-refractivity contribution is 5.96. The third kappa shape index (κ3) is 5.02. The summed E-state index contributed by atoms with van der Waals surface area (Å²) in [5.74, 6) is 1.33. The summed E-state index contributed by atoms with van der Waals surface area (Å²) in [6.45, 7) is 4.46. The smallest absolute Gasteiger partial charge is 0.255 e. The van der Waals surface area contributed by atoms with Gasteiger partial charge in [-0.3, -0.25) is 4.79 Å². The van der Waals surface area contributed by atoms with Crippen LogP contribution in [0.4, 0.5) is 0 Å². The molecule has 0 radical (unpaired) electrons. The van der Waals surface area contributed by atoms with Crippen LogP contribution in [0.1, 0.15) is 29.8 Å². The number of methoxy groups -OCH3 is 1. The second-order valence-electron chi connectivity index (χ2n) is 5.52. The molecule has 1 amide bonds. The van der Waals surface area contributed by atoms with Gasteiger partial charge in [0.25, 0.3) is 5.91 Å². The molecule has 0 spiro atoms. The van der Waals surface area contributed by atoms with Crippen molar-refractivity contribution in [3.63, 3.8) is 0 Å². The molecule has 4 heteroatoms. The number of hydrogen-bond acceptors (Lipinski definition) is 3. The van der Waals surface area contributed by atoms with Gasteiger partial charge in [-0.05, 0) is 50.1 Å². The highest BCUT2D eigenvalue weighted by Crippen LogP contribution is 2.19. The third-order valence-electron chi connectivity index (χ3n) is 3.35. The number of carbonyl (C=O) groups excluding carboxylic acids is 1. The van der Waals surface area contributed by atoms with Gasteiger partial charge in [-0.25, -0.2) is 0 Å². The zero-order valence-corrected chi connectivity index (χ0v) is 13.8. The van der Waals surface area contributed by atoms with Crippen LogP contribution in [0.15, 0.2) is 48.5 Å². The first-order chi connectivity index (χ1) is 11.1. The van der Waals surface area contributed by atoms with E-state index in [-0.39, 0.29) is 12.0 Å². The van der Waals surface area contributed by atoms with Crippen LogP contribution in [0, 0.1) is 0 Å². The molecule has 0 atom stereocenters. The van der Waals surface area contributed by atoms with Gasteiger partial charge in [0.2, 0.25) is 0 Å². The van der Waals surface area contributed by atoms with Gasteiger partial charge in [0, 0.05) is 6.54 Å². The quantitative estimate of drug-likeness (QED) is 0.851. The standard InChI is InChI=1S/C19H23NO3/c1-14(2)23-18-7-5-4-6-17(18)19(21)20-13-12-15-8-10-16(22-3)11-9-15/h4-11,14H,12-13H2,1-3H3,(H,20,21). The number of amides is 1. The summed E-state index contributed by atoms with van der Waals surface area (Å²) in [7, 11) is 1.64. The zero-order valence-electron chi connectivity index (χ0n) is 13.8. The summed E-state index contributed by atoms with van der Waals surface area (Å²) in [5.41, 5.74) is 1.72. The van der Waals surface area contributed by atoms with Crippen LogP contribution in [-0.4, -0.2) is 25.7 Å². The maximum absolute atomic E-state index is 12.3. The molecule has 0 unspecified atom stereocenters. The first-order valence-electron chi connectivity index (χ1n) is 7.77. The second kappa shape index (κ2) is 8.22. The number of para-hydroxylation sites is 1. The molecule has 0 aliphatic carbocycles. The van der Waals surface area contributed by atoms with Crippen LogP contribution < -0.4 is 14.8 Å². The van der Waals surface area contributed by atoms with Crippen LogP contribution in [0.5, 0.6) is 11.5 Å². The average Bonchev–Trinajstić information content (AvgIpc) is 2.55. The summed E-state index contributed by atoms with van der Waals surface area (Å²) >= 11 is 0. The van der Waals surface area contributed by atoms with Crippen LogP contribution in [0.25, 0.3) is 0 Å². The first-order valence-corrected chi connectivity index (χ1v) is 7.77. The molecular formula is C19H23NO3. The summed E-state index contributed by atoms with van der Waals surface area (Å²) < 4.78 is 10.8. The van der Waals surface area contributed by atoms with Crippen molar-refractivity contribution < 1.29 is 14.3 Å². The van der Waals surface area contributed by atoms with Gasteiger partial charge in [0.15, 0.2) is 0 Å². The van der Waals surface area contributed by atoms with E-state index in [0.717, 1.165) is 17.7 Å². The van der Waals surface area contributed by atoms with E-state index in [0.29, 0.717) is 17.9 Å². The normalized spacial score (nSPS) is 10.4. The van der Waals surface area contributed by atoms with E-state index in [1.807, 2.05) is 56.3 Å². The fourth-order valence-electron chi connectivity index (χ4n) is 2.22. The number of nitrogens with one attached hydrogen (secondary N) is 1. The number of rotatable bonds is 7. The van der Waals surface area contributed by atoms with Gasteiger partial charge >= 0.3 is 0 Å². The minimum atomic E-state index is -0.116. The lowest BCUT2D eigenvalue weighted by Gasteiger charge is -2.14. The van der Waals surface area contributed by atoms with Gasteiger partial charge in [-0.2, -0.15) is 0 Å². The molecule has 2 aromatic carbocycles. The largest absolute Gasteiger partial charge is 0.497 e. The Labute approximate surface area is 137 Å². The summed E-state index contributed by atoms with van der Waals surface area (Å²) in [4.78, 5) is 12.3. The summed E-state index contributed by atoms with van der Waals surface area (Å²) in [6.07, 6.45) is 0.798. The van der Waals surface area contributed by atoms with Crippen LogP contribution >= 0.6 is 0 Å². The molecule has 0 saturated carbocycles. The minimum Gasteiger partial charge on any atom is -0.497 e. The predicted octanol–water partition coefficient (Wildman–Crippen LogP) is 3.45. The predicted molar refractivity (Wildman–Crippen MR) is 91.2 cm³/mol. The Bertz CT molecular complexity index is 635. The molecule has 0 saturated heterocycles. The SMILES string of the molecule is COc1ccc(CCNC(=O)c2ccccc2OC(C)C)cc1. The highest BCUT2D eigenvalue weighted by atomic mass is 16.5. The summed E-state index contributed by atoms with van der Waals surface area (Å²) in [5, 5.41) is 2.94. The maximum atomic E-state index is 12.3. The summed E-state index contributed by atoms with van der Waals surface area (Å²) in [6, 6.07) is 15.1. The Balaban J connectivity index is 1.91. The van der Waals surface area contributed by atoms with Crippen molar-refractivity contribution >= 4 is 5.91 Å². The number of ether oxygens (including phenoxy) is 2. The van der Waals surface area contributed by atoms with Crippen molar-refractivity contribution in [3.8, 4) is 11.5 Å². The number of carbonyl (C=O) groups is 1. The second-order valence-corrected chi connectivity index (χ2v) is 5.52. The van der Waals surface area contributed by atoms with Crippen LogP contribution in [0.2, 0.25) is 0 Å². The molecule has 2 aromatic rings. The Morgan fingerprint density at radius 1 is 1.09 bits per heavy atom. The van der Waals surface area contributed by atoms with Gasteiger partial charge in [0.05, 0.1) is 18.8 Å². The van der Waals surface area contributed by atoms with E-state index < -0.39 is 0 Å². The topological polar surface area (TPSA) is 47.6 Å². The van der Waals surface area contributed by atoms with E-state index in [1.54, 1.807) is 13.2 Å². The van der Waals surface area contributed by atoms with E-state index >= 15 is 0 Å². The number of hydrogen-bond donors (Lipinski definition) is 1. The monoisotopic (exact) mass is 313 g/mol. The van der Waals surface area contributed by atoms with Crippen molar-refractivity contribution in [2.24, 2.45) is 0 Å². The molecule has 122 valence electrons. The maximum Gasteiger partial charge on any atom is 0.255 e. The fourth-order valence-corrected chi connectivity index (χ4v) is 2.22. The van der Waals surface area contributed by atoms with E-state index in [2.05, 4.69) is 5.32 Å². The lowest BCUT2D eigenvalue weighted by atomic mass is 10.1. The first kappa shape index (κ1) is 16.9. The van der Waals surface area contributed by atoms with Crippen molar-refractivity contribution in [2.45, 2.75) is 26.4 Å². The third-order valence-corrected chi connectivity index (χ3v) is 3.35. The van der Waals surface area contributed by atoms with Gasteiger partial charge in [-0.1, -0.05) is 24.3 Å². The molecule has 0 heterocycles. The van der Waals surface area contributed by atoms with Gasteiger partial charge in [-0.15, -0.1) is 0 Å². The van der Waals surface area contributed by atoms with Crippen LogP contribution in [0.3, 0.4) is 0 Å². The molecule has 4 nitrogen and oxygen atoms in total. The highest BCUT2D eigenvalue weighted by Gasteiger charge is 2.12. The molecule has 0 fully saturated rings. The van der Waals surface area contributed by atoms with Crippen molar-refractivity contribution in [1.29, 1.82) is 0 Å². The molecule has 0 aliphatic rings.